The minimum atomic E-state index is -0.383. The van der Waals surface area contributed by atoms with E-state index in [0.717, 1.165) is 28.4 Å². The number of halogens is 2. The van der Waals surface area contributed by atoms with Gasteiger partial charge in [0.25, 0.3) is 0 Å². The first-order chi connectivity index (χ1) is 16.0. The Morgan fingerprint density at radius 3 is 2.48 bits per heavy atom. The standard InChI is InChI=1S/C27H24BrIN2O2/c1-2-14-27(29,31-16-15-30-19-31)24-13-10-22(26(32)21-6-4-3-5-7-21)17-25(24)33-18-20-8-11-23(28)12-9-20/h3-13,15-17,19H,2,14,18H2,1H3. The second-order valence-electron chi connectivity index (χ2n) is 7.80. The van der Waals surface area contributed by atoms with Crippen LogP contribution >= 0.6 is 38.5 Å². The van der Waals surface area contributed by atoms with Crippen LogP contribution in [0.25, 0.3) is 0 Å². The molecule has 1 unspecified atom stereocenters. The summed E-state index contributed by atoms with van der Waals surface area (Å²) in [6.45, 7) is 2.58. The molecule has 4 aromatic rings. The molecule has 0 saturated heterocycles. The van der Waals surface area contributed by atoms with E-state index in [-0.39, 0.29) is 9.33 Å². The summed E-state index contributed by atoms with van der Waals surface area (Å²) in [5.74, 6) is 0.684. The molecule has 1 atom stereocenters. The lowest BCUT2D eigenvalue weighted by atomic mass is 9.96. The SMILES string of the molecule is CCCC(I)(c1ccc(C(=O)c2ccccc2)cc1OCc1ccc(Br)cc1)n1ccnc1. The van der Waals surface area contributed by atoms with E-state index in [1.807, 2.05) is 85.3 Å². The lowest BCUT2D eigenvalue weighted by Crippen LogP contribution is -2.27. The summed E-state index contributed by atoms with van der Waals surface area (Å²) < 4.78 is 9.13. The van der Waals surface area contributed by atoms with E-state index in [2.05, 4.69) is 55.0 Å². The molecule has 1 aromatic heterocycles. The average molecular weight is 615 g/mol. The van der Waals surface area contributed by atoms with Crippen molar-refractivity contribution >= 4 is 44.3 Å². The van der Waals surface area contributed by atoms with E-state index in [0.29, 0.717) is 23.5 Å². The molecule has 0 bridgehead atoms. The summed E-state index contributed by atoms with van der Waals surface area (Å²) in [6.07, 6.45) is 7.48. The van der Waals surface area contributed by atoms with Gasteiger partial charge in [0.1, 0.15) is 15.9 Å². The Morgan fingerprint density at radius 2 is 1.82 bits per heavy atom. The van der Waals surface area contributed by atoms with E-state index >= 15 is 0 Å². The minimum absolute atomic E-state index is 0.0205. The molecule has 0 fully saturated rings. The first-order valence-corrected chi connectivity index (χ1v) is 12.7. The zero-order valence-electron chi connectivity index (χ0n) is 18.2. The molecule has 0 amide bonds. The molecule has 168 valence electrons. The van der Waals surface area contributed by atoms with Gasteiger partial charge in [-0.25, -0.2) is 4.98 Å². The highest BCUT2D eigenvalue weighted by atomic mass is 127. The van der Waals surface area contributed by atoms with Crippen LogP contribution in [-0.2, 0) is 10.2 Å². The summed E-state index contributed by atoms with van der Waals surface area (Å²) in [6, 6.07) is 23.2. The number of ether oxygens (including phenoxy) is 1. The van der Waals surface area contributed by atoms with Gasteiger partial charge >= 0.3 is 0 Å². The third-order valence-corrected chi connectivity index (χ3v) is 7.70. The van der Waals surface area contributed by atoms with Gasteiger partial charge in [-0.1, -0.05) is 83.9 Å². The number of benzene rings is 3. The van der Waals surface area contributed by atoms with Gasteiger partial charge in [-0.05, 0) is 52.8 Å². The zero-order valence-corrected chi connectivity index (χ0v) is 22.0. The van der Waals surface area contributed by atoms with Crippen molar-refractivity contribution in [1.29, 1.82) is 0 Å². The van der Waals surface area contributed by atoms with Crippen LogP contribution in [0, 0.1) is 0 Å². The lowest BCUT2D eigenvalue weighted by molar-refractivity contribution is 0.103. The lowest BCUT2D eigenvalue weighted by Gasteiger charge is -2.31. The first kappa shape index (κ1) is 23.7. The second kappa shape index (κ2) is 10.7. The Balaban J connectivity index is 1.76. The number of nitrogens with zero attached hydrogens (tertiary/aromatic N) is 2. The summed E-state index contributed by atoms with van der Waals surface area (Å²) in [5.41, 5.74) is 3.34. The monoisotopic (exact) mass is 614 g/mol. The van der Waals surface area contributed by atoms with E-state index in [4.69, 9.17) is 4.74 Å². The fourth-order valence-corrected chi connectivity index (χ4v) is 5.33. The second-order valence-corrected chi connectivity index (χ2v) is 10.5. The molecule has 0 radical (unpaired) electrons. The molecule has 0 aliphatic heterocycles. The van der Waals surface area contributed by atoms with Crippen molar-refractivity contribution in [3.05, 3.63) is 118 Å². The summed E-state index contributed by atoms with van der Waals surface area (Å²) in [5, 5.41) is 0. The zero-order chi connectivity index (χ0) is 23.3. The fraction of sp³-hybridized carbons (Fsp3) is 0.185. The van der Waals surface area contributed by atoms with Crippen LogP contribution in [0.4, 0.5) is 0 Å². The van der Waals surface area contributed by atoms with Gasteiger partial charge in [-0.3, -0.25) is 4.79 Å². The van der Waals surface area contributed by atoms with Crippen molar-refractivity contribution in [3.8, 4) is 5.75 Å². The van der Waals surface area contributed by atoms with Crippen LogP contribution in [0.15, 0.2) is 96.0 Å². The minimum Gasteiger partial charge on any atom is -0.488 e. The summed E-state index contributed by atoms with van der Waals surface area (Å²) in [7, 11) is 0. The highest BCUT2D eigenvalue weighted by molar-refractivity contribution is 14.1. The first-order valence-electron chi connectivity index (χ1n) is 10.8. The normalized spacial score (nSPS) is 12.8. The van der Waals surface area contributed by atoms with Gasteiger partial charge in [-0.15, -0.1) is 0 Å². The van der Waals surface area contributed by atoms with Crippen LogP contribution in [0.5, 0.6) is 5.75 Å². The Labute approximate surface area is 216 Å². The largest absolute Gasteiger partial charge is 0.488 e. The van der Waals surface area contributed by atoms with Gasteiger partial charge in [0.2, 0.25) is 0 Å². The van der Waals surface area contributed by atoms with Gasteiger partial charge in [0, 0.05) is 33.6 Å². The van der Waals surface area contributed by atoms with E-state index in [1.54, 1.807) is 6.20 Å². The number of hydrogen-bond acceptors (Lipinski definition) is 3. The molecule has 0 aliphatic rings. The number of alkyl halides is 1. The average Bonchev–Trinajstić information content (AvgIpc) is 3.40. The topological polar surface area (TPSA) is 44.1 Å². The quantitative estimate of drug-likeness (QED) is 0.112. The Bertz CT molecular complexity index is 1210. The van der Waals surface area contributed by atoms with Crippen molar-refractivity contribution < 1.29 is 9.53 Å². The van der Waals surface area contributed by atoms with Crippen molar-refractivity contribution in [2.24, 2.45) is 0 Å². The number of aromatic nitrogens is 2. The maximum atomic E-state index is 13.1. The fourth-order valence-electron chi connectivity index (χ4n) is 3.80. The molecule has 6 heteroatoms. The smallest absolute Gasteiger partial charge is 0.193 e. The van der Waals surface area contributed by atoms with Crippen LogP contribution < -0.4 is 4.74 Å². The molecule has 33 heavy (non-hydrogen) atoms. The van der Waals surface area contributed by atoms with E-state index < -0.39 is 0 Å². The molecule has 1 heterocycles. The number of hydrogen-bond donors (Lipinski definition) is 0. The van der Waals surface area contributed by atoms with E-state index in [9.17, 15) is 4.79 Å². The van der Waals surface area contributed by atoms with Crippen molar-refractivity contribution in [2.75, 3.05) is 0 Å². The van der Waals surface area contributed by atoms with E-state index in [1.165, 1.54) is 0 Å². The van der Waals surface area contributed by atoms with Crippen molar-refractivity contribution in [2.45, 2.75) is 29.9 Å². The highest BCUT2D eigenvalue weighted by Gasteiger charge is 2.33. The molecule has 4 nitrogen and oxygen atoms in total. The third-order valence-electron chi connectivity index (χ3n) is 5.50. The molecule has 0 spiro atoms. The number of ketones is 1. The predicted octanol–water partition coefficient (Wildman–Crippen LogP) is 7.39. The predicted molar refractivity (Wildman–Crippen MR) is 143 cm³/mol. The molecule has 4 rings (SSSR count). The molecular formula is C27H24BrIN2O2. The third kappa shape index (κ3) is 5.38. The maximum absolute atomic E-state index is 13.1. The van der Waals surface area contributed by atoms with Gasteiger partial charge < -0.3 is 9.30 Å². The van der Waals surface area contributed by atoms with Gasteiger partial charge in [0.05, 0.1) is 6.33 Å². The summed E-state index contributed by atoms with van der Waals surface area (Å²) >= 11 is 5.96. The molecule has 0 aliphatic carbocycles. The Morgan fingerprint density at radius 1 is 1.06 bits per heavy atom. The summed E-state index contributed by atoms with van der Waals surface area (Å²) in [4.78, 5) is 17.4. The molecule has 0 saturated carbocycles. The maximum Gasteiger partial charge on any atom is 0.193 e. The number of rotatable bonds is 9. The van der Waals surface area contributed by atoms with Crippen molar-refractivity contribution in [1.82, 2.24) is 9.55 Å². The van der Waals surface area contributed by atoms with Crippen LogP contribution in [0.3, 0.4) is 0 Å². The Kier molecular flexibility index (Phi) is 7.65. The highest BCUT2D eigenvalue weighted by Crippen LogP contribution is 2.43. The van der Waals surface area contributed by atoms with Crippen LogP contribution in [0.1, 0.15) is 46.8 Å². The molecule has 3 aromatic carbocycles. The number of carbonyl (C=O) groups is 1. The van der Waals surface area contributed by atoms with Crippen molar-refractivity contribution in [3.63, 3.8) is 0 Å². The van der Waals surface area contributed by atoms with Crippen LogP contribution in [-0.4, -0.2) is 15.3 Å². The number of imidazole rings is 1. The van der Waals surface area contributed by atoms with Gasteiger partial charge in [-0.2, -0.15) is 0 Å². The van der Waals surface area contributed by atoms with Gasteiger partial charge in [0.15, 0.2) is 5.78 Å². The number of carbonyl (C=O) groups excluding carboxylic acids is 1. The molecule has 0 N–H and O–H groups in total. The van der Waals surface area contributed by atoms with Crippen LogP contribution in [0.2, 0.25) is 0 Å². The Hall–Kier alpha value is -2.45. The molecular weight excluding hydrogens is 591 g/mol.